The van der Waals surface area contributed by atoms with Gasteiger partial charge in [0.05, 0.1) is 7.11 Å². The van der Waals surface area contributed by atoms with E-state index in [-0.39, 0.29) is 24.7 Å². The maximum atomic E-state index is 12.7. The molecule has 3 rings (SSSR count). The molecule has 4 amide bonds. The molecule has 2 N–H and O–H groups in total. The molecule has 0 saturated carbocycles. The molecule has 0 spiro atoms. The minimum Gasteiger partial charge on any atom is -0.494 e. The Morgan fingerprint density at radius 1 is 1.35 bits per heavy atom. The Morgan fingerprint density at radius 3 is 2.92 bits per heavy atom. The third-order valence-electron chi connectivity index (χ3n) is 4.34. The highest BCUT2D eigenvalue weighted by molar-refractivity contribution is 5.98. The number of benzene rings is 1. The number of pyridine rings is 1. The summed E-state index contributed by atoms with van der Waals surface area (Å²) in [4.78, 5) is 41.6. The first-order valence-corrected chi connectivity index (χ1v) is 8.25. The van der Waals surface area contributed by atoms with Crippen molar-refractivity contribution in [1.82, 2.24) is 20.5 Å². The van der Waals surface area contributed by atoms with Gasteiger partial charge in [-0.15, -0.1) is 0 Å². The van der Waals surface area contributed by atoms with Crippen molar-refractivity contribution in [3.8, 4) is 5.75 Å². The Morgan fingerprint density at radius 2 is 2.15 bits per heavy atom. The highest BCUT2D eigenvalue weighted by Gasteiger charge is 2.28. The number of methoxy groups -OCH3 is 1. The minimum absolute atomic E-state index is 0.123. The number of rotatable bonds is 4. The summed E-state index contributed by atoms with van der Waals surface area (Å²) in [5, 5.41) is 5.60. The van der Waals surface area contributed by atoms with Crippen LogP contribution >= 0.6 is 0 Å². The largest absolute Gasteiger partial charge is 0.494 e. The number of ether oxygens (including phenoxy) is 1. The van der Waals surface area contributed by atoms with E-state index in [0.29, 0.717) is 12.3 Å². The number of imide groups is 1. The number of aromatic nitrogens is 1. The molecule has 0 radical (unpaired) electrons. The first-order valence-electron chi connectivity index (χ1n) is 8.25. The first-order chi connectivity index (χ1) is 12.5. The van der Waals surface area contributed by atoms with Crippen molar-refractivity contribution in [3.05, 3.63) is 36.0 Å². The van der Waals surface area contributed by atoms with Gasteiger partial charge in [-0.05, 0) is 24.1 Å². The van der Waals surface area contributed by atoms with Crippen LogP contribution < -0.4 is 15.4 Å². The summed E-state index contributed by atoms with van der Waals surface area (Å²) >= 11 is 0. The van der Waals surface area contributed by atoms with Crippen molar-refractivity contribution in [2.45, 2.75) is 25.4 Å². The smallest absolute Gasteiger partial charge is 0.322 e. The van der Waals surface area contributed by atoms with Crippen molar-refractivity contribution in [1.29, 1.82) is 0 Å². The van der Waals surface area contributed by atoms with Gasteiger partial charge in [0.15, 0.2) is 0 Å². The zero-order chi connectivity index (χ0) is 18.7. The summed E-state index contributed by atoms with van der Waals surface area (Å²) in [7, 11) is 3.25. The monoisotopic (exact) mass is 356 g/mol. The molecule has 1 fully saturated rings. The molecule has 0 unspecified atom stereocenters. The van der Waals surface area contributed by atoms with Gasteiger partial charge in [-0.1, -0.05) is 12.1 Å². The lowest BCUT2D eigenvalue weighted by Gasteiger charge is -2.23. The summed E-state index contributed by atoms with van der Waals surface area (Å²) in [6.45, 7) is 0.346. The molecule has 1 saturated heterocycles. The Bertz CT molecular complexity index is 867. The number of likely N-dealkylation sites (N-methyl/N-ethyl adjacent to an activating group) is 1. The average Bonchev–Trinajstić information content (AvgIpc) is 2.81. The highest BCUT2D eigenvalue weighted by Crippen LogP contribution is 2.27. The normalized spacial score (nSPS) is 17.2. The summed E-state index contributed by atoms with van der Waals surface area (Å²) in [6, 6.07) is 6.10. The van der Waals surface area contributed by atoms with Crippen LogP contribution in [0.1, 0.15) is 18.4 Å². The number of hydrogen-bond acceptors (Lipinski definition) is 5. The van der Waals surface area contributed by atoms with Crippen LogP contribution in [0.3, 0.4) is 0 Å². The van der Waals surface area contributed by atoms with E-state index in [4.69, 9.17) is 4.74 Å². The number of hydrogen-bond donors (Lipinski definition) is 2. The molecule has 8 nitrogen and oxygen atoms in total. The number of urea groups is 1. The lowest BCUT2D eigenvalue weighted by atomic mass is 10.1. The van der Waals surface area contributed by atoms with Crippen molar-refractivity contribution in [3.63, 3.8) is 0 Å². The number of nitrogens with zero attached hydrogens (tertiary/aromatic N) is 2. The summed E-state index contributed by atoms with van der Waals surface area (Å²) in [5.74, 6) is 0.0364. The molecule has 1 aliphatic rings. The van der Waals surface area contributed by atoms with Crippen LogP contribution in [0, 0.1) is 0 Å². The second kappa shape index (κ2) is 7.38. The molecule has 136 valence electrons. The minimum atomic E-state index is -0.728. The van der Waals surface area contributed by atoms with Crippen LogP contribution in [0.4, 0.5) is 4.79 Å². The van der Waals surface area contributed by atoms with Gasteiger partial charge in [-0.2, -0.15) is 0 Å². The summed E-state index contributed by atoms with van der Waals surface area (Å²) < 4.78 is 5.34. The number of carbonyl (C=O) groups is 3. The zero-order valence-electron chi connectivity index (χ0n) is 14.6. The Labute approximate surface area is 150 Å². The van der Waals surface area contributed by atoms with Gasteiger partial charge in [0, 0.05) is 31.6 Å². The fourth-order valence-electron chi connectivity index (χ4n) is 3.02. The number of fused-ring (bicyclic) bond motifs is 1. The fourth-order valence-corrected chi connectivity index (χ4v) is 3.02. The molecule has 1 atom stereocenters. The standard InChI is InChI=1S/C18H20N4O4/c1-22(17(24)13-6-8-15(23)21-18(25)20-13)10-11-5-7-14(26-2)16-12(11)4-3-9-19-16/h3-5,7,9,13H,6,8,10H2,1-2H3,(H2,20,21,23,25)/t13-/m1/s1. The van der Waals surface area contributed by atoms with Crippen LogP contribution in [0.25, 0.3) is 10.9 Å². The molecule has 0 aliphatic carbocycles. The van der Waals surface area contributed by atoms with Gasteiger partial charge >= 0.3 is 6.03 Å². The second-order valence-corrected chi connectivity index (χ2v) is 6.13. The Kier molecular flexibility index (Phi) is 5.01. The van der Waals surface area contributed by atoms with E-state index in [2.05, 4.69) is 15.6 Å². The number of amides is 4. The second-order valence-electron chi connectivity index (χ2n) is 6.13. The highest BCUT2D eigenvalue weighted by atomic mass is 16.5. The maximum Gasteiger partial charge on any atom is 0.322 e. The third-order valence-corrected chi connectivity index (χ3v) is 4.34. The van der Waals surface area contributed by atoms with Crippen LogP contribution in [-0.2, 0) is 16.1 Å². The topological polar surface area (TPSA) is 101 Å². The maximum absolute atomic E-state index is 12.7. The molecule has 26 heavy (non-hydrogen) atoms. The third kappa shape index (κ3) is 3.58. The molecule has 8 heteroatoms. The van der Waals surface area contributed by atoms with Gasteiger partial charge in [-0.25, -0.2) is 4.79 Å². The molecular formula is C18H20N4O4. The van der Waals surface area contributed by atoms with Gasteiger partial charge in [-0.3, -0.25) is 19.9 Å². The predicted octanol–water partition coefficient (Wildman–Crippen LogP) is 1.19. The molecule has 0 bridgehead atoms. The van der Waals surface area contributed by atoms with Gasteiger partial charge < -0.3 is 15.0 Å². The molecule has 1 aliphatic heterocycles. The van der Waals surface area contributed by atoms with E-state index in [1.54, 1.807) is 20.4 Å². The van der Waals surface area contributed by atoms with Gasteiger partial charge in [0.2, 0.25) is 11.8 Å². The van der Waals surface area contributed by atoms with E-state index in [1.807, 2.05) is 24.3 Å². The van der Waals surface area contributed by atoms with E-state index < -0.39 is 12.1 Å². The number of carbonyl (C=O) groups excluding carboxylic acids is 3. The van der Waals surface area contributed by atoms with Gasteiger partial charge in [0.1, 0.15) is 17.3 Å². The average molecular weight is 356 g/mol. The quantitative estimate of drug-likeness (QED) is 0.857. The lowest BCUT2D eigenvalue weighted by molar-refractivity contribution is -0.132. The molecule has 1 aromatic carbocycles. The van der Waals surface area contributed by atoms with Gasteiger partial charge in [0.25, 0.3) is 0 Å². The fraction of sp³-hybridized carbons (Fsp3) is 0.333. The van der Waals surface area contributed by atoms with Crippen LogP contribution in [0.5, 0.6) is 5.75 Å². The lowest BCUT2D eigenvalue weighted by Crippen LogP contribution is -2.48. The summed E-state index contributed by atoms with van der Waals surface area (Å²) in [5.41, 5.74) is 1.64. The van der Waals surface area contributed by atoms with Crippen molar-refractivity contribution < 1.29 is 19.1 Å². The first kappa shape index (κ1) is 17.7. The van der Waals surface area contributed by atoms with Crippen molar-refractivity contribution in [2.75, 3.05) is 14.2 Å². The number of nitrogens with one attached hydrogen (secondary N) is 2. The summed E-state index contributed by atoms with van der Waals surface area (Å²) in [6.07, 6.45) is 2.08. The Hall–Kier alpha value is -3.16. The van der Waals surface area contributed by atoms with Crippen LogP contribution in [0.2, 0.25) is 0 Å². The van der Waals surface area contributed by atoms with Crippen molar-refractivity contribution >= 4 is 28.7 Å². The van der Waals surface area contributed by atoms with E-state index in [1.165, 1.54) is 4.90 Å². The molecule has 2 aromatic rings. The predicted molar refractivity (Wildman–Crippen MR) is 94.5 cm³/mol. The Balaban J connectivity index is 1.80. The molecule has 1 aromatic heterocycles. The molecule has 2 heterocycles. The van der Waals surface area contributed by atoms with Crippen molar-refractivity contribution in [2.24, 2.45) is 0 Å². The molecular weight excluding hydrogens is 336 g/mol. The zero-order valence-corrected chi connectivity index (χ0v) is 14.6. The van der Waals surface area contributed by atoms with E-state index >= 15 is 0 Å². The van der Waals surface area contributed by atoms with Crippen LogP contribution in [-0.4, -0.2) is 47.9 Å². The van der Waals surface area contributed by atoms with Crippen LogP contribution in [0.15, 0.2) is 30.5 Å². The SMILES string of the molecule is COc1ccc(CN(C)C(=O)[C@H]2CCC(=O)NC(=O)N2)c2cccnc12. The van der Waals surface area contributed by atoms with E-state index in [0.717, 1.165) is 16.5 Å². The van der Waals surface area contributed by atoms with E-state index in [9.17, 15) is 14.4 Å².